The zero-order valence-corrected chi connectivity index (χ0v) is 13.9. The van der Waals surface area contributed by atoms with E-state index < -0.39 is 6.10 Å². The lowest BCUT2D eigenvalue weighted by atomic mass is 10.0. The van der Waals surface area contributed by atoms with Crippen LogP contribution in [0.4, 0.5) is 4.39 Å². The highest BCUT2D eigenvalue weighted by Crippen LogP contribution is 2.31. The van der Waals surface area contributed by atoms with Crippen LogP contribution in [-0.2, 0) is 16.0 Å². The molecule has 3 heterocycles. The third-order valence-electron chi connectivity index (χ3n) is 5.37. The van der Waals surface area contributed by atoms with Crippen molar-refractivity contribution in [3.63, 3.8) is 0 Å². The Balaban J connectivity index is 1.41. The van der Waals surface area contributed by atoms with E-state index in [2.05, 4.69) is 11.8 Å². The average molecular weight is 334 g/mol. The fourth-order valence-corrected chi connectivity index (χ4v) is 4.07. The van der Waals surface area contributed by atoms with Crippen LogP contribution in [0.2, 0.25) is 0 Å². The summed E-state index contributed by atoms with van der Waals surface area (Å²) >= 11 is 0. The molecular weight excluding hydrogens is 311 g/mol. The minimum Gasteiger partial charge on any atom is -0.480 e. The molecule has 0 aromatic heterocycles. The Morgan fingerprint density at radius 3 is 2.83 bits per heavy atom. The maximum atomic E-state index is 13.3. The molecule has 130 valence electrons. The van der Waals surface area contributed by atoms with E-state index >= 15 is 0 Å². The van der Waals surface area contributed by atoms with Gasteiger partial charge in [0.25, 0.3) is 5.91 Å². The number of nitrogens with zero attached hydrogens (tertiary/aromatic N) is 2. The van der Waals surface area contributed by atoms with Gasteiger partial charge < -0.3 is 14.4 Å². The molecule has 4 rings (SSSR count). The molecule has 0 aliphatic carbocycles. The molecule has 0 saturated carbocycles. The average Bonchev–Trinajstić information content (AvgIpc) is 3.18. The van der Waals surface area contributed by atoms with Gasteiger partial charge in [-0.2, -0.15) is 0 Å². The first-order valence-corrected chi connectivity index (χ1v) is 8.67. The number of halogens is 1. The number of hydrogen-bond acceptors (Lipinski definition) is 4. The van der Waals surface area contributed by atoms with Crippen molar-refractivity contribution in [2.45, 2.75) is 25.5 Å². The van der Waals surface area contributed by atoms with Crippen molar-refractivity contribution in [3.05, 3.63) is 29.6 Å². The lowest BCUT2D eigenvalue weighted by Gasteiger charge is -2.34. The largest absolute Gasteiger partial charge is 0.480 e. The first-order valence-electron chi connectivity index (χ1n) is 8.67. The van der Waals surface area contributed by atoms with Gasteiger partial charge in [0, 0.05) is 44.2 Å². The Morgan fingerprint density at radius 1 is 1.25 bits per heavy atom. The number of morpholine rings is 1. The van der Waals surface area contributed by atoms with E-state index in [0.29, 0.717) is 24.1 Å². The van der Waals surface area contributed by atoms with Gasteiger partial charge in [-0.05, 0) is 24.1 Å². The number of ether oxygens (including phenoxy) is 2. The minimum absolute atomic E-state index is 0.0224. The van der Waals surface area contributed by atoms with Gasteiger partial charge in [0.2, 0.25) is 0 Å². The molecule has 5 nitrogen and oxygen atoms in total. The first-order chi connectivity index (χ1) is 11.6. The zero-order chi connectivity index (χ0) is 16.7. The molecule has 2 fully saturated rings. The van der Waals surface area contributed by atoms with Crippen molar-refractivity contribution in [1.82, 2.24) is 9.80 Å². The number of carbonyl (C=O) groups excluding carboxylic acids is 1. The zero-order valence-electron chi connectivity index (χ0n) is 13.9. The summed E-state index contributed by atoms with van der Waals surface area (Å²) in [6.07, 6.45) is -0.0589. The van der Waals surface area contributed by atoms with Crippen molar-refractivity contribution in [2.75, 3.05) is 39.4 Å². The third-order valence-corrected chi connectivity index (χ3v) is 5.37. The summed E-state index contributed by atoms with van der Waals surface area (Å²) in [5.41, 5.74) is 0.783. The molecule has 24 heavy (non-hydrogen) atoms. The quantitative estimate of drug-likeness (QED) is 0.818. The predicted molar refractivity (Wildman–Crippen MR) is 86.4 cm³/mol. The molecule has 3 aliphatic rings. The van der Waals surface area contributed by atoms with E-state index in [1.165, 1.54) is 12.1 Å². The highest BCUT2D eigenvalue weighted by molar-refractivity contribution is 5.83. The van der Waals surface area contributed by atoms with Crippen molar-refractivity contribution >= 4 is 5.91 Å². The second-order valence-electron chi connectivity index (χ2n) is 7.00. The fourth-order valence-electron chi connectivity index (χ4n) is 4.07. The Kier molecular flexibility index (Phi) is 4.18. The Morgan fingerprint density at radius 2 is 2.04 bits per heavy atom. The second kappa shape index (κ2) is 6.33. The predicted octanol–water partition coefficient (Wildman–Crippen LogP) is 1.31. The summed E-state index contributed by atoms with van der Waals surface area (Å²) in [6, 6.07) is 4.84. The summed E-state index contributed by atoms with van der Waals surface area (Å²) in [5, 5.41) is 0. The minimum atomic E-state index is -0.516. The Bertz CT molecular complexity index is 633. The third kappa shape index (κ3) is 2.89. The normalized spacial score (nSPS) is 30.2. The van der Waals surface area contributed by atoms with Gasteiger partial charge >= 0.3 is 0 Å². The molecule has 1 aromatic rings. The standard InChI is InChI=1S/C18H23FN2O3/c1-12-10-21(11-15(12)20-4-6-23-7-5-20)18(22)17-9-13-8-14(19)2-3-16(13)24-17/h2-3,8,12,15,17H,4-7,9-11H2,1H3/t12-,15+,17+/m1/s1. The van der Waals surface area contributed by atoms with Gasteiger partial charge in [-0.15, -0.1) is 0 Å². The summed E-state index contributed by atoms with van der Waals surface area (Å²) in [4.78, 5) is 17.2. The molecule has 6 heteroatoms. The van der Waals surface area contributed by atoms with Gasteiger partial charge in [-0.1, -0.05) is 6.92 Å². The maximum absolute atomic E-state index is 13.3. The van der Waals surface area contributed by atoms with E-state index in [4.69, 9.17) is 9.47 Å². The van der Waals surface area contributed by atoms with Crippen LogP contribution in [0.5, 0.6) is 5.75 Å². The van der Waals surface area contributed by atoms with Gasteiger partial charge in [0.1, 0.15) is 11.6 Å². The van der Waals surface area contributed by atoms with Crippen molar-refractivity contribution in [3.8, 4) is 5.75 Å². The fraction of sp³-hybridized carbons (Fsp3) is 0.611. The van der Waals surface area contributed by atoms with Gasteiger partial charge in [-0.3, -0.25) is 9.69 Å². The molecule has 0 spiro atoms. The number of carbonyl (C=O) groups is 1. The Labute approximate surface area is 141 Å². The van der Waals surface area contributed by atoms with E-state index in [1.807, 2.05) is 4.90 Å². The summed E-state index contributed by atoms with van der Waals surface area (Å²) in [5.74, 6) is 0.807. The topological polar surface area (TPSA) is 42.0 Å². The lowest BCUT2D eigenvalue weighted by Crippen LogP contribution is -2.47. The van der Waals surface area contributed by atoms with Gasteiger partial charge in [0.05, 0.1) is 13.2 Å². The highest BCUT2D eigenvalue weighted by atomic mass is 19.1. The molecule has 1 amide bonds. The van der Waals surface area contributed by atoms with Crippen LogP contribution >= 0.6 is 0 Å². The van der Waals surface area contributed by atoms with Crippen molar-refractivity contribution < 1.29 is 18.7 Å². The second-order valence-corrected chi connectivity index (χ2v) is 7.00. The highest BCUT2D eigenvalue weighted by Gasteiger charge is 2.40. The number of rotatable bonds is 2. The van der Waals surface area contributed by atoms with Crippen LogP contribution in [0.25, 0.3) is 0 Å². The maximum Gasteiger partial charge on any atom is 0.264 e. The number of hydrogen-bond donors (Lipinski definition) is 0. The van der Waals surface area contributed by atoms with E-state index in [-0.39, 0.29) is 11.7 Å². The molecule has 0 unspecified atom stereocenters. The number of fused-ring (bicyclic) bond motifs is 1. The molecule has 1 aromatic carbocycles. The molecular formula is C18H23FN2O3. The molecule has 3 aliphatic heterocycles. The van der Waals surface area contributed by atoms with Crippen LogP contribution in [-0.4, -0.2) is 67.2 Å². The molecule has 0 bridgehead atoms. The van der Waals surface area contributed by atoms with Crippen LogP contribution in [0.15, 0.2) is 18.2 Å². The summed E-state index contributed by atoms with van der Waals surface area (Å²) < 4.78 is 24.5. The first kappa shape index (κ1) is 15.8. The van der Waals surface area contributed by atoms with Crippen molar-refractivity contribution in [2.24, 2.45) is 5.92 Å². The molecule has 0 radical (unpaired) electrons. The molecule has 3 atom stereocenters. The number of likely N-dealkylation sites (tertiary alicyclic amines) is 1. The number of amides is 1. The van der Waals surface area contributed by atoms with Crippen LogP contribution in [0, 0.1) is 11.7 Å². The molecule has 0 N–H and O–H groups in total. The van der Waals surface area contributed by atoms with E-state index in [0.717, 1.165) is 45.0 Å². The van der Waals surface area contributed by atoms with Gasteiger partial charge in [-0.25, -0.2) is 4.39 Å². The molecule has 2 saturated heterocycles. The van der Waals surface area contributed by atoms with Crippen LogP contribution < -0.4 is 4.74 Å². The van der Waals surface area contributed by atoms with Gasteiger partial charge in [0.15, 0.2) is 6.10 Å². The lowest BCUT2D eigenvalue weighted by molar-refractivity contribution is -0.137. The van der Waals surface area contributed by atoms with E-state index in [1.54, 1.807) is 6.07 Å². The smallest absolute Gasteiger partial charge is 0.264 e. The van der Waals surface area contributed by atoms with E-state index in [9.17, 15) is 9.18 Å². The SMILES string of the molecule is C[C@@H]1CN(C(=O)[C@@H]2Cc3cc(F)ccc3O2)C[C@@H]1N1CCOCC1. The Hall–Kier alpha value is -1.66. The van der Waals surface area contributed by atoms with Crippen LogP contribution in [0.3, 0.4) is 0 Å². The van der Waals surface area contributed by atoms with Crippen molar-refractivity contribution in [1.29, 1.82) is 0 Å². The monoisotopic (exact) mass is 334 g/mol. The van der Waals surface area contributed by atoms with Crippen LogP contribution in [0.1, 0.15) is 12.5 Å². The number of benzene rings is 1. The summed E-state index contributed by atoms with van der Waals surface area (Å²) in [6.45, 7) is 7.10. The summed E-state index contributed by atoms with van der Waals surface area (Å²) in [7, 11) is 0.